The lowest BCUT2D eigenvalue weighted by molar-refractivity contribution is -0.170. The number of nitrogens with two attached hydrogens (primary N) is 2. The first-order chi connectivity index (χ1) is 9.58. The van der Waals surface area contributed by atoms with Gasteiger partial charge in [-0.3, -0.25) is 0 Å². The van der Waals surface area contributed by atoms with Gasteiger partial charge in [-0.15, -0.1) is 0 Å². The molecule has 6 nitrogen and oxygen atoms in total. The molecule has 0 amide bonds. The van der Waals surface area contributed by atoms with E-state index in [1.54, 1.807) is 45.0 Å². The van der Waals surface area contributed by atoms with Crippen molar-refractivity contribution in [3.05, 3.63) is 29.8 Å². The van der Waals surface area contributed by atoms with Crippen LogP contribution < -0.4 is 11.5 Å². The Morgan fingerprint density at radius 3 is 2.05 bits per heavy atom. The summed E-state index contributed by atoms with van der Waals surface area (Å²) in [7, 11) is 1.18. The predicted octanol–water partition coefficient (Wildman–Crippen LogP) is 1.02. The Morgan fingerprint density at radius 2 is 1.62 bits per heavy atom. The summed E-state index contributed by atoms with van der Waals surface area (Å²) in [5.74, 6) is -1.66. The van der Waals surface area contributed by atoms with Gasteiger partial charge in [-0.2, -0.15) is 0 Å². The lowest BCUT2D eigenvalue weighted by Gasteiger charge is -2.29. The van der Waals surface area contributed by atoms with Crippen LogP contribution in [0.3, 0.4) is 0 Å². The normalized spacial score (nSPS) is 14.1. The van der Waals surface area contributed by atoms with Gasteiger partial charge >= 0.3 is 11.9 Å². The van der Waals surface area contributed by atoms with Crippen molar-refractivity contribution in [1.82, 2.24) is 0 Å². The highest BCUT2D eigenvalue weighted by Gasteiger charge is 2.46. The van der Waals surface area contributed by atoms with Crippen LogP contribution >= 0.6 is 0 Å². The van der Waals surface area contributed by atoms with E-state index in [-0.39, 0.29) is 6.42 Å². The van der Waals surface area contributed by atoms with E-state index in [0.717, 1.165) is 0 Å². The Labute approximate surface area is 124 Å². The Balaban J connectivity index is 3.06. The average Bonchev–Trinajstić information content (AvgIpc) is 2.38. The maximum absolute atomic E-state index is 12.3. The highest BCUT2D eigenvalue weighted by Crippen LogP contribution is 2.19. The Hall–Kier alpha value is -2.08. The third-order valence-electron chi connectivity index (χ3n) is 2.78. The van der Waals surface area contributed by atoms with Gasteiger partial charge in [-0.1, -0.05) is 12.1 Å². The van der Waals surface area contributed by atoms with E-state index < -0.39 is 23.1 Å². The number of hydrogen-bond donors (Lipinski definition) is 2. The highest BCUT2D eigenvalue weighted by atomic mass is 16.6. The second-order valence-electron chi connectivity index (χ2n) is 5.88. The highest BCUT2D eigenvalue weighted by molar-refractivity contribution is 6.05. The predicted molar refractivity (Wildman–Crippen MR) is 79.3 cm³/mol. The standard InChI is InChI=1S/C15H22N2O4/c1-14(2,3)21-13(19)15(17,12(18)20-4)9-10-5-7-11(16)8-6-10/h5-8H,9,16-17H2,1-4H3. The molecule has 0 aromatic heterocycles. The summed E-state index contributed by atoms with van der Waals surface area (Å²) in [6.45, 7) is 5.10. The maximum Gasteiger partial charge on any atom is 0.338 e. The molecule has 0 spiro atoms. The molecule has 0 fully saturated rings. The number of ether oxygens (including phenoxy) is 2. The molecule has 1 unspecified atom stereocenters. The molecule has 4 N–H and O–H groups in total. The molecular weight excluding hydrogens is 272 g/mol. The number of rotatable bonds is 4. The van der Waals surface area contributed by atoms with E-state index in [1.165, 1.54) is 7.11 Å². The first-order valence-electron chi connectivity index (χ1n) is 6.53. The molecular formula is C15H22N2O4. The molecule has 6 heteroatoms. The summed E-state index contributed by atoms with van der Waals surface area (Å²) in [5.41, 5.74) is 10.2. The van der Waals surface area contributed by atoms with Crippen molar-refractivity contribution in [2.75, 3.05) is 12.8 Å². The van der Waals surface area contributed by atoms with Crippen molar-refractivity contribution in [2.24, 2.45) is 5.73 Å². The molecule has 0 heterocycles. The van der Waals surface area contributed by atoms with E-state index in [4.69, 9.17) is 16.2 Å². The lowest BCUT2D eigenvalue weighted by atomic mass is 9.91. The Bertz CT molecular complexity index is 519. The van der Waals surface area contributed by atoms with Gasteiger partial charge in [0, 0.05) is 12.1 Å². The summed E-state index contributed by atoms with van der Waals surface area (Å²) < 4.78 is 9.89. The van der Waals surface area contributed by atoms with Crippen molar-refractivity contribution in [3.8, 4) is 0 Å². The van der Waals surface area contributed by atoms with Crippen LogP contribution in [0, 0.1) is 0 Å². The lowest BCUT2D eigenvalue weighted by Crippen LogP contribution is -2.59. The number of benzene rings is 1. The Kier molecular flexibility index (Phi) is 4.96. The largest absolute Gasteiger partial charge is 0.467 e. The summed E-state index contributed by atoms with van der Waals surface area (Å²) in [4.78, 5) is 24.2. The third-order valence-corrected chi connectivity index (χ3v) is 2.78. The van der Waals surface area contributed by atoms with E-state index >= 15 is 0 Å². The topological polar surface area (TPSA) is 105 Å². The molecule has 1 atom stereocenters. The summed E-state index contributed by atoms with van der Waals surface area (Å²) >= 11 is 0. The first-order valence-corrected chi connectivity index (χ1v) is 6.53. The van der Waals surface area contributed by atoms with Crippen molar-refractivity contribution in [2.45, 2.75) is 38.3 Å². The van der Waals surface area contributed by atoms with Gasteiger partial charge in [0.05, 0.1) is 7.11 Å². The average molecular weight is 294 g/mol. The summed E-state index contributed by atoms with van der Waals surface area (Å²) in [5, 5.41) is 0. The first kappa shape index (κ1) is 17.0. The van der Waals surface area contributed by atoms with Crippen LogP contribution in [0.1, 0.15) is 26.3 Å². The quantitative estimate of drug-likeness (QED) is 0.488. The number of methoxy groups -OCH3 is 1. The fourth-order valence-electron chi connectivity index (χ4n) is 1.74. The van der Waals surface area contributed by atoms with Crippen LogP contribution in [0.15, 0.2) is 24.3 Å². The number of nitrogen functional groups attached to an aromatic ring is 1. The van der Waals surface area contributed by atoms with Crippen LogP contribution in [0.2, 0.25) is 0 Å². The number of anilines is 1. The molecule has 116 valence electrons. The van der Waals surface area contributed by atoms with Crippen molar-refractivity contribution >= 4 is 17.6 Å². The van der Waals surface area contributed by atoms with Crippen LogP contribution in [0.25, 0.3) is 0 Å². The molecule has 0 aliphatic rings. The van der Waals surface area contributed by atoms with Gasteiger partial charge in [0.1, 0.15) is 5.60 Å². The fraction of sp³-hybridized carbons (Fsp3) is 0.467. The molecule has 0 aliphatic carbocycles. The van der Waals surface area contributed by atoms with Gasteiger partial charge in [0.25, 0.3) is 0 Å². The smallest absolute Gasteiger partial charge is 0.338 e. The minimum absolute atomic E-state index is 0.0329. The molecule has 0 bridgehead atoms. The Morgan fingerprint density at radius 1 is 1.10 bits per heavy atom. The van der Waals surface area contributed by atoms with E-state index in [0.29, 0.717) is 11.3 Å². The zero-order chi connectivity index (χ0) is 16.3. The van der Waals surface area contributed by atoms with E-state index in [1.807, 2.05) is 0 Å². The number of esters is 2. The van der Waals surface area contributed by atoms with Gasteiger partial charge in [0.2, 0.25) is 5.54 Å². The molecule has 1 aromatic carbocycles. The van der Waals surface area contributed by atoms with Gasteiger partial charge in [0.15, 0.2) is 0 Å². The summed E-state index contributed by atoms with van der Waals surface area (Å²) in [6.07, 6.45) is -0.0329. The molecule has 0 saturated heterocycles. The third kappa shape index (κ3) is 4.46. The zero-order valence-electron chi connectivity index (χ0n) is 12.8. The van der Waals surface area contributed by atoms with Gasteiger partial charge in [-0.25, -0.2) is 9.59 Å². The number of carbonyl (C=O) groups is 2. The van der Waals surface area contributed by atoms with Crippen LogP contribution in [0.5, 0.6) is 0 Å². The molecule has 0 radical (unpaired) electrons. The molecule has 1 aromatic rings. The van der Waals surface area contributed by atoms with Crippen LogP contribution in [0.4, 0.5) is 5.69 Å². The summed E-state index contributed by atoms with van der Waals surface area (Å²) in [6, 6.07) is 6.73. The van der Waals surface area contributed by atoms with Crippen molar-refractivity contribution in [1.29, 1.82) is 0 Å². The van der Waals surface area contributed by atoms with Crippen molar-refractivity contribution in [3.63, 3.8) is 0 Å². The molecule has 0 aliphatic heterocycles. The minimum atomic E-state index is -1.89. The van der Waals surface area contributed by atoms with Gasteiger partial charge < -0.3 is 20.9 Å². The van der Waals surface area contributed by atoms with Crippen LogP contribution in [-0.4, -0.2) is 30.2 Å². The SMILES string of the molecule is COC(=O)C(N)(Cc1ccc(N)cc1)C(=O)OC(C)(C)C. The number of carbonyl (C=O) groups excluding carboxylic acids is 2. The second-order valence-corrected chi connectivity index (χ2v) is 5.88. The number of hydrogen-bond acceptors (Lipinski definition) is 6. The molecule has 1 rings (SSSR count). The van der Waals surface area contributed by atoms with Crippen molar-refractivity contribution < 1.29 is 19.1 Å². The van der Waals surface area contributed by atoms with E-state index in [9.17, 15) is 9.59 Å². The maximum atomic E-state index is 12.3. The van der Waals surface area contributed by atoms with Gasteiger partial charge in [-0.05, 0) is 38.5 Å². The van der Waals surface area contributed by atoms with E-state index in [2.05, 4.69) is 4.74 Å². The zero-order valence-corrected chi connectivity index (χ0v) is 12.8. The molecule has 0 saturated carbocycles. The fourth-order valence-corrected chi connectivity index (χ4v) is 1.74. The second kappa shape index (κ2) is 6.13. The monoisotopic (exact) mass is 294 g/mol. The van der Waals surface area contributed by atoms with Crippen LogP contribution in [-0.2, 0) is 25.5 Å². The minimum Gasteiger partial charge on any atom is -0.467 e. The molecule has 21 heavy (non-hydrogen) atoms.